The molecule has 0 radical (unpaired) electrons. The summed E-state index contributed by atoms with van der Waals surface area (Å²) < 4.78 is 0. The molecule has 1 heterocycles. The number of piperidine rings is 1. The van der Waals surface area contributed by atoms with Gasteiger partial charge >= 0.3 is 5.97 Å². The van der Waals surface area contributed by atoms with Gasteiger partial charge in [0.1, 0.15) is 0 Å². The van der Waals surface area contributed by atoms with Crippen LogP contribution >= 0.6 is 11.6 Å². The summed E-state index contributed by atoms with van der Waals surface area (Å²) in [6, 6.07) is 16.1. The summed E-state index contributed by atoms with van der Waals surface area (Å²) in [5.41, 5.74) is 4.24. The Morgan fingerprint density at radius 3 is 2.08 bits per heavy atom. The number of carboxylic acids is 1. The molecule has 3 rings (SSSR count). The Morgan fingerprint density at radius 2 is 1.50 bits per heavy atom. The van der Waals surface area contributed by atoms with Crippen LogP contribution in [0.2, 0.25) is 5.02 Å². The minimum absolute atomic E-state index is 0.676. The van der Waals surface area contributed by atoms with Gasteiger partial charge in [-0.1, -0.05) is 48.0 Å². The van der Waals surface area contributed by atoms with Crippen molar-refractivity contribution in [3.8, 4) is 0 Å². The predicted molar refractivity (Wildman–Crippen MR) is 108 cm³/mol. The maximum Gasteiger partial charge on any atom is 0.328 e. The highest BCUT2D eigenvalue weighted by atomic mass is 35.5. The van der Waals surface area contributed by atoms with Crippen LogP contribution in [0, 0.1) is 0 Å². The van der Waals surface area contributed by atoms with Gasteiger partial charge in [0, 0.05) is 29.9 Å². The molecule has 1 aliphatic heterocycles. The van der Waals surface area contributed by atoms with Gasteiger partial charge in [0.15, 0.2) is 0 Å². The minimum Gasteiger partial charge on any atom is -0.478 e. The van der Waals surface area contributed by atoms with Crippen LogP contribution in [0.3, 0.4) is 0 Å². The number of aliphatic carboxylic acids is 1. The highest BCUT2D eigenvalue weighted by Gasteiger charge is 2.11. The van der Waals surface area contributed by atoms with Gasteiger partial charge in [0.2, 0.25) is 0 Å². The molecule has 0 amide bonds. The summed E-state index contributed by atoms with van der Waals surface area (Å²) in [5, 5.41) is 9.52. The summed E-state index contributed by atoms with van der Waals surface area (Å²) in [7, 11) is 0. The number of hydrogen-bond donors (Lipinski definition) is 1. The number of anilines is 1. The quantitative estimate of drug-likeness (QED) is 0.568. The molecule has 0 bridgehead atoms. The average molecular weight is 368 g/mol. The standard InChI is InChI=1S/C22H22ClNO2/c23-19-11-7-17(8-12-19)21(5-4-6-22(25)26)18-9-13-20(14-10-18)24-15-2-1-3-16-24/h4-14H,1-3,15-16H2,(H,25,26)/b6-4+,21-5+. The third-order valence-corrected chi connectivity index (χ3v) is 4.81. The molecule has 1 fully saturated rings. The molecule has 134 valence electrons. The van der Waals surface area contributed by atoms with Crippen LogP contribution < -0.4 is 4.90 Å². The number of allylic oxidation sites excluding steroid dienone is 2. The van der Waals surface area contributed by atoms with Gasteiger partial charge in [-0.3, -0.25) is 0 Å². The molecule has 0 saturated carbocycles. The van der Waals surface area contributed by atoms with E-state index in [2.05, 4.69) is 29.2 Å². The van der Waals surface area contributed by atoms with Crippen LogP contribution in [0.1, 0.15) is 30.4 Å². The zero-order valence-corrected chi connectivity index (χ0v) is 15.3. The van der Waals surface area contributed by atoms with Crippen LogP contribution in [0.5, 0.6) is 0 Å². The molecule has 1 N–H and O–H groups in total. The first kappa shape index (κ1) is 18.3. The maximum atomic E-state index is 10.8. The zero-order chi connectivity index (χ0) is 18.4. The zero-order valence-electron chi connectivity index (χ0n) is 14.6. The molecule has 1 aliphatic rings. The van der Waals surface area contributed by atoms with E-state index in [1.807, 2.05) is 30.3 Å². The van der Waals surface area contributed by atoms with Crippen LogP contribution in [0.25, 0.3) is 5.57 Å². The number of rotatable bonds is 5. The van der Waals surface area contributed by atoms with Crippen molar-refractivity contribution in [3.63, 3.8) is 0 Å². The van der Waals surface area contributed by atoms with E-state index in [0.717, 1.165) is 35.9 Å². The van der Waals surface area contributed by atoms with E-state index in [1.54, 1.807) is 6.08 Å². The number of nitrogens with zero attached hydrogens (tertiary/aromatic N) is 1. The Balaban J connectivity index is 1.90. The molecule has 0 atom stereocenters. The molecule has 2 aromatic rings. The molecule has 0 unspecified atom stereocenters. The van der Waals surface area contributed by atoms with Gasteiger partial charge in [-0.2, -0.15) is 0 Å². The SMILES string of the molecule is O=C(O)/C=C/C=C(\c1ccc(Cl)cc1)c1ccc(N2CCCCC2)cc1. The fourth-order valence-electron chi connectivity index (χ4n) is 3.22. The smallest absolute Gasteiger partial charge is 0.328 e. The van der Waals surface area contributed by atoms with Crippen molar-refractivity contribution in [3.05, 3.63) is 82.9 Å². The Hall–Kier alpha value is -2.52. The van der Waals surface area contributed by atoms with Gasteiger partial charge in [0.05, 0.1) is 0 Å². The Bertz CT molecular complexity index is 801. The second-order valence-corrected chi connectivity index (χ2v) is 6.82. The van der Waals surface area contributed by atoms with Crippen molar-refractivity contribution in [1.82, 2.24) is 0 Å². The molecule has 26 heavy (non-hydrogen) atoms. The third kappa shape index (κ3) is 4.77. The second-order valence-electron chi connectivity index (χ2n) is 6.38. The Morgan fingerprint density at radius 1 is 0.923 bits per heavy atom. The van der Waals surface area contributed by atoms with E-state index < -0.39 is 5.97 Å². The first-order valence-corrected chi connectivity index (χ1v) is 9.24. The van der Waals surface area contributed by atoms with Crippen molar-refractivity contribution in [1.29, 1.82) is 0 Å². The molecule has 1 saturated heterocycles. The first-order valence-electron chi connectivity index (χ1n) is 8.86. The molecule has 2 aromatic carbocycles. The normalized spacial score (nSPS) is 15.4. The van der Waals surface area contributed by atoms with Gasteiger partial charge in [0.25, 0.3) is 0 Å². The second kappa shape index (κ2) is 8.72. The van der Waals surface area contributed by atoms with Crippen molar-refractivity contribution in [2.45, 2.75) is 19.3 Å². The fraction of sp³-hybridized carbons (Fsp3) is 0.227. The lowest BCUT2D eigenvalue weighted by molar-refractivity contribution is -0.131. The topological polar surface area (TPSA) is 40.5 Å². The van der Waals surface area contributed by atoms with E-state index in [4.69, 9.17) is 16.7 Å². The molecular formula is C22H22ClNO2. The van der Waals surface area contributed by atoms with Gasteiger partial charge in [-0.05, 0) is 60.2 Å². The Kier molecular flexibility index (Phi) is 6.13. The predicted octanol–water partition coefficient (Wildman–Crippen LogP) is 5.40. The lowest BCUT2D eigenvalue weighted by Gasteiger charge is -2.29. The molecule has 4 heteroatoms. The van der Waals surface area contributed by atoms with Crippen molar-refractivity contribution >= 4 is 28.8 Å². The molecule has 0 aromatic heterocycles. The Labute approximate surface area is 159 Å². The molecule has 0 aliphatic carbocycles. The third-order valence-electron chi connectivity index (χ3n) is 4.56. The van der Waals surface area contributed by atoms with Crippen molar-refractivity contribution in [2.75, 3.05) is 18.0 Å². The number of carboxylic acid groups (broad SMARTS) is 1. The lowest BCUT2D eigenvalue weighted by Crippen LogP contribution is -2.29. The summed E-state index contributed by atoms with van der Waals surface area (Å²) >= 11 is 6.00. The summed E-state index contributed by atoms with van der Waals surface area (Å²) in [5.74, 6) is -0.961. The van der Waals surface area contributed by atoms with Gasteiger partial charge < -0.3 is 10.0 Å². The largest absolute Gasteiger partial charge is 0.478 e. The van der Waals surface area contributed by atoms with Crippen LogP contribution in [0.15, 0.2) is 66.8 Å². The monoisotopic (exact) mass is 367 g/mol. The van der Waals surface area contributed by atoms with E-state index in [0.29, 0.717) is 5.02 Å². The van der Waals surface area contributed by atoms with E-state index in [1.165, 1.54) is 24.9 Å². The minimum atomic E-state index is -0.961. The average Bonchev–Trinajstić information content (AvgIpc) is 2.67. The molecule has 3 nitrogen and oxygen atoms in total. The van der Waals surface area contributed by atoms with Crippen LogP contribution in [-0.4, -0.2) is 24.2 Å². The van der Waals surface area contributed by atoms with Crippen LogP contribution in [-0.2, 0) is 4.79 Å². The number of benzene rings is 2. The summed E-state index contributed by atoms with van der Waals surface area (Å²) in [4.78, 5) is 13.2. The number of halogens is 1. The highest BCUT2D eigenvalue weighted by Crippen LogP contribution is 2.28. The summed E-state index contributed by atoms with van der Waals surface area (Å²) in [6.07, 6.45) is 8.33. The number of hydrogen-bond acceptors (Lipinski definition) is 2. The lowest BCUT2D eigenvalue weighted by atomic mass is 9.97. The highest BCUT2D eigenvalue weighted by molar-refractivity contribution is 6.30. The van der Waals surface area contributed by atoms with Crippen LogP contribution in [0.4, 0.5) is 5.69 Å². The fourth-order valence-corrected chi connectivity index (χ4v) is 3.35. The number of carbonyl (C=O) groups is 1. The van der Waals surface area contributed by atoms with Crippen molar-refractivity contribution in [2.24, 2.45) is 0 Å². The first-order chi connectivity index (χ1) is 12.6. The van der Waals surface area contributed by atoms with E-state index in [9.17, 15) is 4.79 Å². The van der Waals surface area contributed by atoms with Gasteiger partial charge in [-0.25, -0.2) is 4.79 Å². The maximum absolute atomic E-state index is 10.8. The van der Waals surface area contributed by atoms with E-state index >= 15 is 0 Å². The molecule has 0 spiro atoms. The molecular weight excluding hydrogens is 346 g/mol. The van der Waals surface area contributed by atoms with Crippen molar-refractivity contribution < 1.29 is 9.90 Å². The van der Waals surface area contributed by atoms with Gasteiger partial charge in [-0.15, -0.1) is 0 Å². The van der Waals surface area contributed by atoms with E-state index in [-0.39, 0.29) is 0 Å². The summed E-state index contributed by atoms with van der Waals surface area (Å²) in [6.45, 7) is 2.22.